The second-order valence-corrected chi connectivity index (χ2v) is 5.50. The number of carbonyl (C=O) groups is 2. The molecular formula is C12H14O4S. The molecule has 0 aromatic rings. The predicted molar refractivity (Wildman–Crippen MR) is 64.6 cm³/mol. The van der Waals surface area contributed by atoms with Crippen molar-refractivity contribution in [3.8, 4) is 0 Å². The minimum absolute atomic E-state index is 0.0912. The van der Waals surface area contributed by atoms with Gasteiger partial charge in [-0.05, 0) is 6.42 Å². The van der Waals surface area contributed by atoms with Crippen LogP contribution in [0.5, 0.6) is 0 Å². The van der Waals surface area contributed by atoms with E-state index in [4.69, 9.17) is 9.47 Å². The first-order chi connectivity index (χ1) is 8.08. The molecule has 2 atom stereocenters. The highest BCUT2D eigenvalue weighted by molar-refractivity contribution is 8.01. The summed E-state index contributed by atoms with van der Waals surface area (Å²) in [6.45, 7) is 7.57. The SMILES string of the molecule is C=C[C@@]12CS[C@@](C=C)(C1)C(=O)OCCOC2=O. The first-order valence-corrected chi connectivity index (χ1v) is 6.33. The van der Waals surface area contributed by atoms with E-state index < -0.39 is 10.2 Å². The number of thioether (sulfide) groups is 1. The minimum atomic E-state index is -0.850. The highest BCUT2D eigenvalue weighted by Gasteiger charge is 2.56. The lowest BCUT2D eigenvalue weighted by atomic mass is 9.81. The number of fused-ring (bicyclic) bond motifs is 2. The van der Waals surface area contributed by atoms with Gasteiger partial charge < -0.3 is 9.47 Å². The molecule has 0 aromatic carbocycles. The van der Waals surface area contributed by atoms with Crippen LogP contribution in [-0.2, 0) is 19.1 Å². The third kappa shape index (κ3) is 1.78. The van der Waals surface area contributed by atoms with Gasteiger partial charge in [0.15, 0.2) is 0 Å². The number of ether oxygens (including phenoxy) is 2. The normalized spacial score (nSPS) is 37.2. The summed E-state index contributed by atoms with van der Waals surface area (Å²) in [5.74, 6) is -0.210. The first-order valence-electron chi connectivity index (χ1n) is 5.34. The summed E-state index contributed by atoms with van der Waals surface area (Å²) in [5, 5.41) is 0. The molecule has 2 saturated heterocycles. The second-order valence-electron chi connectivity index (χ2n) is 4.19. The van der Waals surface area contributed by atoms with E-state index in [9.17, 15) is 9.59 Å². The summed E-state index contributed by atoms with van der Waals surface area (Å²) in [4.78, 5) is 24.0. The van der Waals surface area contributed by atoms with E-state index in [0.29, 0.717) is 12.2 Å². The zero-order valence-electron chi connectivity index (χ0n) is 9.44. The molecule has 4 nitrogen and oxygen atoms in total. The molecule has 0 aromatic heterocycles. The van der Waals surface area contributed by atoms with Gasteiger partial charge in [-0.15, -0.1) is 24.9 Å². The van der Waals surface area contributed by atoms with Crippen LogP contribution in [0.4, 0.5) is 0 Å². The van der Waals surface area contributed by atoms with Crippen molar-refractivity contribution in [2.75, 3.05) is 19.0 Å². The van der Waals surface area contributed by atoms with Crippen LogP contribution >= 0.6 is 11.8 Å². The average Bonchev–Trinajstić information content (AvgIpc) is 2.76. The lowest BCUT2D eigenvalue weighted by Gasteiger charge is -2.23. The van der Waals surface area contributed by atoms with Crippen molar-refractivity contribution in [2.45, 2.75) is 11.2 Å². The van der Waals surface area contributed by atoms with Gasteiger partial charge in [-0.3, -0.25) is 9.59 Å². The highest BCUT2D eigenvalue weighted by Crippen LogP contribution is 2.51. The van der Waals surface area contributed by atoms with Crippen molar-refractivity contribution in [3.63, 3.8) is 0 Å². The first kappa shape index (κ1) is 12.2. The van der Waals surface area contributed by atoms with Gasteiger partial charge in [-0.25, -0.2) is 0 Å². The summed E-state index contributed by atoms with van der Waals surface area (Å²) < 4.78 is 9.32. The quantitative estimate of drug-likeness (QED) is 0.549. The number of esters is 2. The Labute approximate surface area is 104 Å². The van der Waals surface area contributed by atoms with Crippen molar-refractivity contribution in [1.29, 1.82) is 0 Å². The maximum Gasteiger partial charge on any atom is 0.326 e. The number of hydrogen-bond donors (Lipinski definition) is 0. The van der Waals surface area contributed by atoms with Gasteiger partial charge >= 0.3 is 11.9 Å². The number of cyclic esters (lactones) is 2. The Hall–Kier alpha value is -1.23. The molecule has 0 aliphatic carbocycles. The molecule has 0 unspecified atom stereocenters. The third-order valence-corrected chi connectivity index (χ3v) is 4.84. The fraction of sp³-hybridized carbons (Fsp3) is 0.500. The van der Waals surface area contributed by atoms with E-state index in [1.165, 1.54) is 11.8 Å². The summed E-state index contributed by atoms with van der Waals surface area (Å²) in [6, 6.07) is 0. The molecule has 2 heterocycles. The van der Waals surface area contributed by atoms with Gasteiger partial charge in [-0.1, -0.05) is 12.2 Å². The molecule has 2 rings (SSSR count). The molecule has 0 amide bonds. The van der Waals surface area contributed by atoms with E-state index in [1.807, 2.05) is 0 Å². The van der Waals surface area contributed by atoms with Gasteiger partial charge in [0.1, 0.15) is 18.0 Å². The molecule has 0 radical (unpaired) electrons. The van der Waals surface area contributed by atoms with Crippen LogP contribution in [0.2, 0.25) is 0 Å². The lowest BCUT2D eigenvalue weighted by molar-refractivity contribution is -0.154. The maximum absolute atomic E-state index is 12.0. The molecular weight excluding hydrogens is 240 g/mol. The molecule has 2 aliphatic rings. The zero-order valence-corrected chi connectivity index (χ0v) is 10.3. The fourth-order valence-corrected chi connectivity index (χ4v) is 3.56. The highest BCUT2D eigenvalue weighted by atomic mass is 32.2. The van der Waals surface area contributed by atoms with Gasteiger partial charge in [-0.2, -0.15) is 0 Å². The summed E-state index contributed by atoms with van der Waals surface area (Å²) in [5.41, 5.74) is -0.803. The van der Waals surface area contributed by atoms with E-state index in [1.54, 1.807) is 12.2 Å². The molecule has 0 saturated carbocycles. The van der Waals surface area contributed by atoms with Crippen LogP contribution in [0.15, 0.2) is 25.3 Å². The summed E-state index contributed by atoms with van der Waals surface area (Å²) in [7, 11) is 0. The fourth-order valence-electron chi connectivity index (χ4n) is 2.05. The van der Waals surface area contributed by atoms with Crippen molar-refractivity contribution in [2.24, 2.45) is 5.41 Å². The van der Waals surface area contributed by atoms with Crippen LogP contribution in [0.3, 0.4) is 0 Å². The van der Waals surface area contributed by atoms with E-state index in [2.05, 4.69) is 13.2 Å². The van der Waals surface area contributed by atoms with Crippen LogP contribution in [-0.4, -0.2) is 35.7 Å². The Morgan fingerprint density at radius 1 is 1.12 bits per heavy atom. The predicted octanol–water partition coefficient (Wildman–Crippen LogP) is 1.32. The lowest BCUT2D eigenvalue weighted by Crippen LogP contribution is -2.36. The largest absolute Gasteiger partial charge is 0.461 e. The third-order valence-electron chi connectivity index (χ3n) is 3.19. The van der Waals surface area contributed by atoms with E-state index in [-0.39, 0.29) is 25.2 Å². The Morgan fingerprint density at radius 2 is 1.76 bits per heavy atom. The smallest absolute Gasteiger partial charge is 0.326 e. The number of carbonyl (C=O) groups excluding carboxylic acids is 2. The Bertz CT molecular complexity index is 356. The minimum Gasteiger partial charge on any atom is -0.461 e. The monoisotopic (exact) mass is 254 g/mol. The van der Waals surface area contributed by atoms with Gasteiger partial charge in [0.2, 0.25) is 0 Å². The number of hydrogen-bond acceptors (Lipinski definition) is 5. The number of rotatable bonds is 2. The molecule has 17 heavy (non-hydrogen) atoms. The molecule has 2 aliphatic heterocycles. The summed E-state index contributed by atoms with van der Waals surface area (Å²) >= 11 is 1.37. The standard InChI is InChI=1S/C12H14O4S/c1-3-11-7-12(4-2,17-8-11)10(14)16-6-5-15-9(11)13/h3-4H,1-2,5-8H2/t11-,12-/m0/s1. The molecule has 5 heteroatoms. The zero-order chi connectivity index (χ0) is 12.5. The summed E-state index contributed by atoms with van der Waals surface area (Å²) in [6.07, 6.45) is 3.45. The molecule has 2 fully saturated rings. The van der Waals surface area contributed by atoms with Gasteiger partial charge in [0, 0.05) is 5.75 Å². The average molecular weight is 254 g/mol. The van der Waals surface area contributed by atoms with Crippen molar-refractivity contribution < 1.29 is 19.1 Å². The van der Waals surface area contributed by atoms with Gasteiger partial charge in [0.25, 0.3) is 0 Å². The van der Waals surface area contributed by atoms with Crippen molar-refractivity contribution in [3.05, 3.63) is 25.3 Å². The van der Waals surface area contributed by atoms with Crippen LogP contribution in [0.25, 0.3) is 0 Å². The Morgan fingerprint density at radius 3 is 2.35 bits per heavy atom. The Kier molecular flexibility index (Phi) is 3.03. The second kappa shape index (κ2) is 4.22. The molecule has 2 bridgehead atoms. The van der Waals surface area contributed by atoms with Crippen molar-refractivity contribution in [1.82, 2.24) is 0 Å². The van der Waals surface area contributed by atoms with Crippen LogP contribution in [0.1, 0.15) is 6.42 Å². The van der Waals surface area contributed by atoms with Gasteiger partial charge in [0.05, 0.1) is 5.41 Å². The van der Waals surface area contributed by atoms with Crippen LogP contribution in [0, 0.1) is 5.41 Å². The molecule has 0 spiro atoms. The van der Waals surface area contributed by atoms with Crippen molar-refractivity contribution >= 4 is 23.7 Å². The Balaban J connectivity index is 2.42. The maximum atomic E-state index is 12.0. The van der Waals surface area contributed by atoms with E-state index in [0.717, 1.165) is 0 Å². The van der Waals surface area contributed by atoms with Crippen LogP contribution < -0.4 is 0 Å². The van der Waals surface area contributed by atoms with E-state index >= 15 is 0 Å². The molecule has 92 valence electrons. The topological polar surface area (TPSA) is 52.6 Å². The molecule has 0 N–H and O–H groups in total.